The van der Waals surface area contributed by atoms with Crippen LogP contribution in [0.15, 0.2) is 17.1 Å². The normalized spacial score (nSPS) is 20.0. The van der Waals surface area contributed by atoms with E-state index in [0.717, 1.165) is 18.9 Å². The topological polar surface area (TPSA) is 129 Å². The lowest BCUT2D eigenvalue weighted by Gasteiger charge is -2.44. The van der Waals surface area contributed by atoms with E-state index in [-0.39, 0.29) is 52.1 Å². The second-order valence-corrected chi connectivity index (χ2v) is 8.76. The zero-order chi connectivity index (χ0) is 21.1. The van der Waals surface area contributed by atoms with Gasteiger partial charge in [-0.05, 0) is 30.7 Å². The minimum atomic E-state index is -1.32. The predicted octanol–water partition coefficient (Wildman–Crippen LogP) is 2.34. The summed E-state index contributed by atoms with van der Waals surface area (Å²) in [6, 6.07) is 1.24. The Labute approximate surface area is 185 Å². The highest BCUT2D eigenvalue weighted by molar-refractivity contribution is 5.97. The van der Waals surface area contributed by atoms with Gasteiger partial charge in [0.2, 0.25) is 5.43 Å². The van der Waals surface area contributed by atoms with Crippen LogP contribution in [0.2, 0.25) is 0 Å². The Morgan fingerprint density at radius 1 is 1.32 bits per heavy atom. The maximum Gasteiger partial charge on any atom is 0.341 e. The molecule has 0 radical (unpaired) electrons. The molecule has 2 heterocycles. The summed E-state index contributed by atoms with van der Waals surface area (Å²) in [4.78, 5) is 26.3. The SMILES string of the molecule is COc1c(N2CCC(N)C(C)(C)C2)c(F)cc2c(=O)c(C(=O)O)cn(C3CC3)c12.Cl.O. The summed E-state index contributed by atoms with van der Waals surface area (Å²) in [5.74, 6) is -1.64. The van der Waals surface area contributed by atoms with Gasteiger partial charge in [0.25, 0.3) is 0 Å². The zero-order valence-electron chi connectivity index (χ0n) is 17.8. The molecule has 2 fully saturated rings. The number of methoxy groups -OCH3 is 1. The number of carbonyl (C=O) groups is 1. The van der Waals surface area contributed by atoms with Crippen molar-refractivity contribution in [3.63, 3.8) is 0 Å². The molecule has 2 aromatic rings. The molecule has 0 spiro atoms. The summed E-state index contributed by atoms with van der Waals surface area (Å²) >= 11 is 0. The zero-order valence-corrected chi connectivity index (χ0v) is 18.6. The van der Waals surface area contributed by atoms with Crippen LogP contribution in [-0.4, -0.2) is 47.4 Å². The lowest BCUT2D eigenvalue weighted by molar-refractivity contribution is 0.0694. The van der Waals surface area contributed by atoms with Crippen molar-refractivity contribution >= 4 is 35.0 Å². The quantitative estimate of drug-likeness (QED) is 0.724. The Hall–Kier alpha value is -2.36. The highest BCUT2D eigenvalue weighted by atomic mass is 35.5. The number of benzene rings is 1. The lowest BCUT2D eigenvalue weighted by atomic mass is 9.79. The molecule has 0 amide bonds. The van der Waals surface area contributed by atoms with Gasteiger partial charge in [0.05, 0.1) is 18.0 Å². The molecule has 1 aliphatic carbocycles. The largest absolute Gasteiger partial charge is 0.492 e. The van der Waals surface area contributed by atoms with Crippen molar-refractivity contribution in [2.45, 2.75) is 45.2 Å². The molecular formula is C21H29ClFN3O5. The molecule has 5 N–H and O–H groups in total. The molecule has 8 nitrogen and oxygen atoms in total. The number of halogens is 2. The lowest BCUT2D eigenvalue weighted by Crippen LogP contribution is -2.52. The third-order valence-electron chi connectivity index (χ3n) is 6.20. The van der Waals surface area contributed by atoms with Gasteiger partial charge in [-0.1, -0.05) is 13.8 Å². The summed E-state index contributed by atoms with van der Waals surface area (Å²) in [5.41, 5.74) is 5.72. The number of fused-ring (bicyclic) bond motifs is 1. The molecule has 10 heteroatoms. The molecular weight excluding hydrogens is 429 g/mol. The van der Waals surface area contributed by atoms with Gasteiger partial charge < -0.3 is 30.5 Å². The van der Waals surface area contributed by atoms with E-state index < -0.39 is 17.2 Å². The van der Waals surface area contributed by atoms with Crippen LogP contribution in [0.3, 0.4) is 0 Å². The van der Waals surface area contributed by atoms with Crippen LogP contribution in [0.4, 0.5) is 10.1 Å². The number of carboxylic acid groups (broad SMARTS) is 1. The van der Waals surface area contributed by atoms with Crippen LogP contribution in [0.5, 0.6) is 5.75 Å². The molecule has 1 aromatic heterocycles. The van der Waals surface area contributed by atoms with E-state index in [1.54, 1.807) is 4.57 Å². The van der Waals surface area contributed by atoms with Crippen molar-refractivity contribution in [2.24, 2.45) is 11.1 Å². The van der Waals surface area contributed by atoms with Gasteiger partial charge in [-0.15, -0.1) is 12.4 Å². The summed E-state index contributed by atoms with van der Waals surface area (Å²) in [6.07, 6.45) is 3.82. The fraction of sp³-hybridized carbons (Fsp3) is 0.524. The number of hydrogen-bond acceptors (Lipinski definition) is 5. The van der Waals surface area contributed by atoms with Gasteiger partial charge in [-0.3, -0.25) is 4.79 Å². The molecule has 1 saturated carbocycles. The summed E-state index contributed by atoms with van der Waals surface area (Å²) in [5, 5.41) is 9.46. The molecule has 0 bridgehead atoms. The van der Waals surface area contributed by atoms with Crippen molar-refractivity contribution in [3.05, 3.63) is 33.9 Å². The average Bonchev–Trinajstić information content (AvgIpc) is 3.48. The number of piperidine rings is 1. The number of nitrogens with zero attached hydrogens (tertiary/aromatic N) is 2. The molecule has 172 valence electrons. The summed E-state index contributed by atoms with van der Waals surface area (Å²) < 4.78 is 22.7. The molecule has 1 atom stereocenters. The minimum absolute atomic E-state index is 0. The summed E-state index contributed by atoms with van der Waals surface area (Å²) in [7, 11) is 1.45. The monoisotopic (exact) mass is 457 g/mol. The van der Waals surface area contributed by atoms with Crippen molar-refractivity contribution in [1.29, 1.82) is 0 Å². The van der Waals surface area contributed by atoms with Gasteiger partial charge >= 0.3 is 5.97 Å². The average molecular weight is 458 g/mol. The smallest absolute Gasteiger partial charge is 0.341 e. The highest BCUT2D eigenvalue weighted by Gasteiger charge is 2.37. The third-order valence-corrected chi connectivity index (χ3v) is 6.20. The van der Waals surface area contributed by atoms with Crippen molar-refractivity contribution in [3.8, 4) is 5.75 Å². The van der Waals surface area contributed by atoms with Gasteiger partial charge in [-0.2, -0.15) is 0 Å². The number of ether oxygens (including phenoxy) is 1. The second-order valence-electron chi connectivity index (χ2n) is 8.76. The maximum atomic E-state index is 15.3. The van der Waals surface area contributed by atoms with Crippen LogP contribution >= 0.6 is 12.4 Å². The van der Waals surface area contributed by atoms with E-state index in [1.807, 2.05) is 4.90 Å². The molecule has 1 aromatic carbocycles. The van der Waals surface area contributed by atoms with Crippen LogP contribution in [0.1, 0.15) is 49.5 Å². The first-order valence-electron chi connectivity index (χ1n) is 9.85. The van der Waals surface area contributed by atoms with Crippen LogP contribution < -0.4 is 20.8 Å². The molecule has 1 aliphatic heterocycles. The standard InChI is InChI=1S/C21H26FN3O4.ClH.H2O/c1-21(2)10-24(7-6-15(21)23)17-14(22)8-12-16(19(17)29-3)25(11-4-5-11)9-13(18(12)26)20(27)28;;/h8-9,11,15H,4-7,10,23H2,1-3H3,(H,27,28);1H;1H2. The number of aromatic nitrogens is 1. The van der Waals surface area contributed by atoms with E-state index in [9.17, 15) is 14.7 Å². The van der Waals surface area contributed by atoms with Crippen LogP contribution in [0, 0.1) is 11.2 Å². The van der Waals surface area contributed by atoms with Crippen molar-refractivity contribution in [1.82, 2.24) is 4.57 Å². The van der Waals surface area contributed by atoms with Gasteiger partial charge in [-0.25, -0.2) is 9.18 Å². The Kier molecular flexibility index (Phi) is 6.94. The maximum absolute atomic E-state index is 15.3. The summed E-state index contributed by atoms with van der Waals surface area (Å²) in [6.45, 7) is 5.22. The van der Waals surface area contributed by atoms with Gasteiger partial charge in [0.1, 0.15) is 11.3 Å². The Balaban J connectivity index is 0.00000171. The first-order chi connectivity index (χ1) is 13.7. The van der Waals surface area contributed by atoms with Crippen LogP contribution in [-0.2, 0) is 0 Å². The Bertz CT molecular complexity index is 1070. The molecule has 2 aliphatic rings. The number of rotatable bonds is 4. The highest BCUT2D eigenvalue weighted by Crippen LogP contribution is 2.45. The molecule has 4 rings (SSSR count). The van der Waals surface area contributed by atoms with E-state index in [2.05, 4.69) is 13.8 Å². The first-order valence-corrected chi connectivity index (χ1v) is 9.85. The van der Waals surface area contributed by atoms with Crippen LogP contribution in [0.25, 0.3) is 10.9 Å². The fourth-order valence-corrected chi connectivity index (χ4v) is 4.29. The Morgan fingerprint density at radius 3 is 2.48 bits per heavy atom. The van der Waals surface area contributed by atoms with Gasteiger partial charge in [0, 0.05) is 31.4 Å². The number of pyridine rings is 1. The first kappa shape index (κ1) is 24.9. The molecule has 31 heavy (non-hydrogen) atoms. The Morgan fingerprint density at radius 2 is 1.97 bits per heavy atom. The fourth-order valence-electron chi connectivity index (χ4n) is 4.29. The second kappa shape index (κ2) is 8.64. The van der Waals surface area contributed by atoms with E-state index in [4.69, 9.17) is 10.5 Å². The minimum Gasteiger partial charge on any atom is -0.492 e. The van der Waals surface area contributed by atoms with E-state index >= 15 is 4.39 Å². The number of aromatic carboxylic acids is 1. The van der Waals surface area contributed by atoms with E-state index in [1.165, 1.54) is 13.3 Å². The molecule has 1 unspecified atom stereocenters. The van der Waals surface area contributed by atoms with Gasteiger partial charge in [0.15, 0.2) is 11.6 Å². The number of carboxylic acids is 1. The van der Waals surface area contributed by atoms with Crippen molar-refractivity contribution < 1.29 is 24.5 Å². The molecule has 1 saturated heterocycles. The number of nitrogens with two attached hydrogens (primary N) is 1. The van der Waals surface area contributed by atoms with Crippen molar-refractivity contribution in [2.75, 3.05) is 25.1 Å². The van der Waals surface area contributed by atoms with E-state index in [0.29, 0.717) is 30.7 Å². The third kappa shape index (κ3) is 4.09. The number of hydrogen-bond donors (Lipinski definition) is 2. The number of anilines is 1. The predicted molar refractivity (Wildman–Crippen MR) is 119 cm³/mol.